The van der Waals surface area contributed by atoms with Gasteiger partial charge >= 0.3 is 6.09 Å². The fraction of sp³-hybridized carbons (Fsp3) is 0.900. The Balaban J connectivity index is 0.00000392. The molecule has 1 N–H and O–H groups in total. The number of ether oxygens (including phenoxy) is 1. The molecular formula is C20H40IN5O2. The van der Waals surface area contributed by atoms with Crippen molar-refractivity contribution in [1.82, 2.24) is 20.0 Å². The van der Waals surface area contributed by atoms with Gasteiger partial charge in [0, 0.05) is 45.3 Å². The highest BCUT2D eigenvalue weighted by Gasteiger charge is 2.23. The van der Waals surface area contributed by atoms with Crippen molar-refractivity contribution in [3.05, 3.63) is 0 Å². The highest BCUT2D eigenvalue weighted by Crippen LogP contribution is 2.16. The van der Waals surface area contributed by atoms with Gasteiger partial charge in [-0.25, -0.2) is 4.79 Å². The lowest BCUT2D eigenvalue weighted by molar-refractivity contribution is 0.0914. The third-order valence-electron chi connectivity index (χ3n) is 5.50. The maximum absolute atomic E-state index is 11.8. The van der Waals surface area contributed by atoms with Crippen LogP contribution in [0.1, 0.15) is 52.9 Å². The highest BCUT2D eigenvalue weighted by atomic mass is 127. The summed E-state index contributed by atoms with van der Waals surface area (Å²) in [7, 11) is 0. The summed E-state index contributed by atoms with van der Waals surface area (Å²) < 4.78 is 5.09. The predicted octanol–water partition coefficient (Wildman–Crippen LogP) is 3.00. The summed E-state index contributed by atoms with van der Waals surface area (Å²) in [5.41, 5.74) is 0. The van der Waals surface area contributed by atoms with Crippen molar-refractivity contribution in [3.8, 4) is 0 Å². The van der Waals surface area contributed by atoms with Crippen LogP contribution in [-0.4, -0.2) is 91.8 Å². The zero-order chi connectivity index (χ0) is 19.5. The lowest BCUT2D eigenvalue weighted by Crippen LogP contribution is -2.53. The molecule has 0 aliphatic carbocycles. The van der Waals surface area contributed by atoms with Gasteiger partial charge < -0.3 is 24.8 Å². The Morgan fingerprint density at radius 2 is 1.79 bits per heavy atom. The van der Waals surface area contributed by atoms with E-state index in [0.717, 1.165) is 44.6 Å². The molecular weight excluding hydrogens is 469 g/mol. The summed E-state index contributed by atoms with van der Waals surface area (Å²) in [5.74, 6) is 0.979. The van der Waals surface area contributed by atoms with E-state index in [2.05, 4.69) is 29.0 Å². The summed E-state index contributed by atoms with van der Waals surface area (Å²) in [6, 6.07) is 0.746. The van der Waals surface area contributed by atoms with Gasteiger partial charge in [-0.3, -0.25) is 4.99 Å². The Labute approximate surface area is 188 Å². The number of likely N-dealkylation sites (tertiary alicyclic amines) is 1. The Hall–Kier alpha value is -0.770. The van der Waals surface area contributed by atoms with E-state index in [1.807, 2.05) is 6.92 Å². The van der Waals surface area contributed by atoms with E-state index in [9.17, 15) is 4.79 Å². The smallest absolute Gasteiger partial charge is 0.409 e. The van der Waals surface area contributed by atoms with Crippen LogP contribution in [0.2, 0.25) is 0 Å². The lowest BCUT2D eigenvalue weighted by Gasteiger charge is -2.36. The van der Waals surface area contributed by atoms with Crippen LogP contribution in [0.15, 0.2) is 4.99 Å². The zero-order valence-corrected chi connectivity index (χ0v) is 20.3. The molecule has 1 atom stereocenters. The van der Waals surface area contributed by atoms with Crippen molar-refractivity contribution in [3.63, 3.8) is 0 Å². The van der Waals surface area contributed by atoms with Crippen LogP contribution in [0.3, 0.4) is 0 Å². The topological polar surface area (TPSA) is 60.4 Å². The van der Waals surface area contributed by atoms with Crippen molar-refractivity contribution in [2.75, 3.05) is 59.0 Å². The number of amides is 1. The van der Waals surface area contributed by atoms with Gasteiger partial charge in [0.2, 0.25) is 0 Å². The van der Waals surface area contributed by atoms with Crippen LogP contribution in [0.4, 0.5) is 4.79 Å². The van der Waals surface area contributed by atoms with Gasteiger partial charge in [-0.15, -0.1) is 24.0 Å². The zero-order valence-electron chi connectivity index (χ0n) is 18.0. The summed E-state index contributed by atoms with van der Waals surface area (Å²) in [5, 5.41) is 3.40. The molecule has 1 amide bonds. The first kappa shape index (κ1) is 25.3. The molecule has 0 radical (unpaired) electrons. The molecule has 2 aliphatic heterocycles. The van der Waals surface area contributed by atoms with Crippen molar-refractivity contribution >= 4 is 36.0 Å². The largest absolute Gasteiger partial charge is 0.450 e. The second-order valence-corrected chi connectivity index (χ2v) is 7.50. The second-order valence-electron chi connectivity index (χ2n) is 7.50. The average Bonchev–Trinajstić information content (AvgIpc) is 2.68. The molecule has 0 saturated carbocycles. The minimum absolute atomic E-state index is 0. The van der Waals surface area contributed by atoms with Gasteiger partial charge in [0.15, 0.2) is 5.96 Å². The molecule has 8 heteroatoms. The lowest BCUT2D eigenvalue weighted by atomic mass is 10.0. The molecule has 0 spiro atoms. The van der Waals surface area contributed by atoms with Crippen LogP contribution < -0.4 is 5.32 Å². The monoisotopic (exact) mass is 509 g/mol. The molecule has 1 unspecified atom stereocenters. The fourth-order valence-corrected chi connectivity index (χ4v) is 3.84. The number of carbonyl (C=O) groups excluding carboxylic acids is 1. The number of hydrogen-bond donors (Lipinski definition) is 1. The number of unbranched alkanes of at least 4 members (excludes halogenated alkanes) is 1. The second kappa shape index (κ2) is 14.3. The first-order valence-corrected chi connectivity index (χ1v) is 10.8. The average molecular weight is 509 g/mol. The van der Waals surface area contributed by atoms with Crippen LogP contribution in [0, 0.1) is 0 Å². The van der Waals surface area contributed by atoms with Crippen LogP contribution >= 0.6 is 24.0 Å². The van der Waals surface area contributed by atoms with E-state index in [-0.39, 0.29) is 30.1 Å². The molecule has 0 aromatic rings. The Kier molecular flexibility index (Phi) is 12.9. The number of halogens is 1. The van der Waals surface area contributed by atoms with Gasteiger partial charge in [0.25, 0.3) is 0 Å². The number of aliphatic imine (C=N–C) groups is 1. The number of nitrogens with zero attached hydrogens (tertiary/aromatic N) is 4. The molecule has 28 heavy (non-hydrogen) atoms. The van der Waals surface area contributed by atoms with Crippen molar-refractivity contribution in [2.45, 2.75) is 58.9 Å². The number of piperidine rings is 1. The molecule has 2 heterocycles. The number of guanidine groups is 1. The molecule has 0 aromatic carbocycles. The highest BCUT2D eigenvalue weighted by molar-refractivity contribution is 14.0. The van der Waals surface area contributed by atoms with Gasteiger partial charge in [0.05, 0.1) is 6.61 Å². The Morgan fingerprint density at radius 1 is 1.07 bits per heavy atom. The maximum Gasteiger partial charge on any atom is 0.409 e. The van der Waals surface area contributed by atoms with Crippen LogP contribution in [-0.2, 0) is 4.74 Å². The number of nitrogens with one attached hydrogen (secondary N) is 1. The third kappa shape index (κ3) is 8.31. The molecule has 0 bridgehead atoms. The van der Waals surface area contributed by atoms with Crippen LogP contribution in [0.25, 0.3) is 0 Å². The Morgan fingerprint density at radius 3 is 2.43 bits per heavy atom. The third-order valence-corrected chi connectivity index (χ3v) is 5.50. The summed E-state index contributed by atoms with van der Waals surface area (Å²) in [6.07, 6.45) is 6.22. The number of rotatable bonds is 7. The first-order chi connectivity index (χ1) is 13.2. The number of hydrogen-bond acceptors (Lipinski definition) is 4. The molecule has 2 saturated heterocycles. The first-order valence-electron chi connectivity index (χ1n) is 10.8. The van der Waals surface area contributed by atoms with E-state index in [1.165, 1.54) is 38.8 Å². The minimum Gasteiger partial charge on any atom is -0.450 e. The van der Waals surface area contributed by atoms with Crippen molar-refractivity contribution in [1.29, 1.82) is 0 Å². The molecule has 2 fully saturated rings. The maximum atomic E-state index is 11.8. The quantitative estimate of drug-likeness (QED) is 0.248. The summed E-state index contributed by atoms with van der Waals surface area (Å²) >= 11 is 0. The van der Waals surface area contributed by atoms with E-state index < -0.39 is 0 Å². The van der Waals surface area contributed by atoms with Crippen molar-refractivity contribution in [2.24, 2.45) is 4.99 Å². The van der Waals surface area contributed by atoms with Gasteiger partial charge in [-0.05, 0) is 59.5 Å². The molecule has 164 valence electrons. The molecule has 7 nitrogen and oxygen atoms in total. The molecule has 2 aliphatic rings. The standard InChI is InChI=1S/C20H39N5O2.HI/c1-4-21-19(24-14-16-25(17-15-24)20(26)27-5-2)22-11-7-9-13-23-12-8-6-10-18(23)3;/h18H,4-17H2,1-3H3,(H,21,22);1H. The SMILES string of the molecule is CCNC(=NCCCCN1CCCCC1C)N1CCN(C(=O)OCC)CC1.I. The molecule has 0 aromatic heterocycles. The van der Waals surface area contributed by atoms with E-state index in [1.54, 1.807) is 4.90 Å². The van der Waals surface area contributed by atoms with Gasteiger partial charge in [0.1, 0.15) is 0 Å². The number of carbonyl (C=O) groups is 1. The van der Waals surface area contributed by atoms with E-state index >= 15 is 0 Å². The Bertz CT molecular complexity index is 470. The molecule has 2 rings (SSSR count). The predicted molar refractivity (Wildman–Crippen MR) is 126 cm³/mol. The fourth-order valence-electron chi connectivity index (χ4n) is 3.84. The van der Waals surface area contributed by atoms with Crippen LogP contribution in [0.5, 0.6) is 0 Å². The van der Waals surface area contributed by atoms with E-state index in [4.69, 9.17) is 9.73 Å². The van der Waals surface area contributed by atoms with Gasteiger partial charge in [-0.1, -0.05) is 6.42 Å². The summed E-state index contributed by atoms with van der Waals surface area (Å²) in [6.45, 7) is 13.9. The minimum atomic E-state index is -0.203. The summed E-state index contributed by atoms with van der Waals surface area (Å²) in [4.78, 5) is 23.3. The normalized spacial score (nSPS) is 21.2. The van der Waals surface area contributed by atoms with E-state index in [0.29, 0.717) is 19.7 Å². The number of piperazine rings is 1. The van der Waals surface area contributed by atoms with Gasteiger partial charge in [-0.2, -0.15) is 0 Å². The van der Waals surface area contributed by atoms with Crippen molar-refractivity contribution < 1.29 is 9.53 Å².